The molecular formula is C27H30N4O3. The first kappa shape index (κ1) is 22.3. The summed E-state index contributed by atoms with van der Waals surface area (Å²) in [4.78, 5) is 19.7. The largest absolute Gasteiger partial charge is 0.376 e. The molecule has 0 radical (unpaired) electrons. The van der Waals surface area contributed by atoms with Crippen LogP contribution in [0.25, 0.3) is 17.0 Å². The van der Waals surface area contributed by atoms with Gasteiger partial charge in [-0.1, -0.05) is 53.2 Å². The summed E-state index contributed by atoms with van der Waals surface area (Å²) in [5.74, 6) is 0.936. The number of rotatable bonds is 5. The van der Waals surface area contributed by atoms with Gasteiger partial charge in [0.05, 0.1) is 24.3 Å². The van der Waals surface area contributed by atoms with Gasteiger partial charge in [-0.3, -0.25) is 4.90 Å². The van der Waals surface area contributed by atoms with E-state index in [9.17, 15) is 4.79 Å². The number of carbonyl (C=O) groups excluding carboxylic acids is 1. The van der Waals surface area contributed by atoms with Gasteiger partial charge in [-0.25, -0.2) is 4.79 Å². The van der Waals surface area contributed by atoms with Gasteiger partial charge in [0.2, 0.25) is 5.82 Å². The van der Waals surface area contributed by atoms with Crippen LogP contribution in [-0.4, -0.2) is 40.3 Å². The summed E-state index contributed by atoms with van der Waals surface area (Å²) < 4.78 is 11.6. The molecule has 2 aliphatic rings. The van der Waals surface area contributed by atoms with Crippen LogP contribution < -0.4 is 5.32 Å². The molecule has 5 rings (SSSR count). The van der Waals surface area contributed by atoms with E-state index < -0.39 is 0 Å². The van der Waals surface area contributed by atoms with Crippen molar-refractivity contribution in [3.63, 3.8) is 0 Å². The Morgan fingerprint density at radius 3 is 2.56 bits per heavy atom. The van der Waals surface area contributed by atoms with E-state index in [2.05, 4.69) is 36.5 Å². The Kier molecular flexibility index (Phi) is 5.96. The molecule has 1 aromatic heterocycles. The average molecular weight is 459 g/mol. The van der Waals surface area contributed by atoms with E-state index in [0.29, 0.717) is 18.3 Å². The highest BCUT2D eigenvalue weighted by atomic mass is 16.5. The lowest BCUT2D eigenvalue weighted by molar-refractivity contribution is 0.0877. The van der Waals surface area contributed by atoms with E-state index >= 15 is 0 Å². The van der Waals surface area contributed by atoms with Gasteiger partial charge in [0.15, 0.2) is 0 Å². The third-order valence-electron chi connectivity index (χ3n) is 6.84. The number of carbonyl (C=O) groups is 1. The maximum Gasteiger partial charge on any atom is 0.322 e. The Bertz CT molecular complexity index is 1240. The molecule has 1 fully saturated rings. The van der Waals surface area contributed by atoms with E-state index in [0.717, 1.165) is 47.4 Å². The minimum atomic E-state index is -0.390. The van der Waals surface area contributed by atoms with Crippen LogP contribution in [0.2, 0.25) is 0 Å². The van der Waals surface area contributed by atoms with Crippen LogP contribution >= 0.6 is 0 Å². The lowest BCUT2D eigenvalue weighted by atomic mass is 9.92. The Balaban J connectivity index is 1.58. The lowest BCUT2D eigenvalue weighted by Gasteiger charge is -2.36. The summed E-state index contributed by atoms with van der Waals surface area (Å²) in [6.07, 6.45) is 2.00. The molecule has 2 atom stereocenters. The van der Waals surface area contributed by atoms with Gasteiger partial charge in [0.1, 0.15) is 0 Å². The summed E-state index contributed by atoms with van der Waals surface area (Å²) in [6.45, 7) is 9.39. The topological polar surface area (TPSA) is 80.5 Å². The van der Waals surface area contributed by atoms with Crippen LogP contribution in [-0.2, 0) is 4.74 Å². The van der Waals surface area contributed by atoms with Gasteiger partial charge in [0.25, 0.3) is 5.89 Å². The molecule has 1 N–H and O–H groups in total. The first-order valence-electron chi connectivity index (χ1n) is 11.8. The van der Waals surface area contributed by atoms with Crippen molar-refractivity contribution >= 4 is 11.6 Å². The minimum absolute atomic E-state index is 0.0333. The minimum Gasteiger partial charge on any atom is -0.376 e. The number of allylic oxidation sites excluding steroid dienone is 1. The van der Waals surface area contributed by atoms with Crippen LogP contribution in [0, 0.1) is 20.8 Å². The number of benzene rings is 2. The standard InChI is InChI=1S/C27H30N4O3/c1-16-7-10-20(11-8-16)25-29-26(34-30-25)23-19(4)31(15-22-6-5-13-33-22)27(32)28-24(23)21-12-9-17(2)18(3)14-21/h7-12,14,22,24H,5-6,13,15H2,1-4H3,(H,28,32). The van der Waals surface area contributed by atoms with Gasteiger partial charge in [0, 0.05) is 17.9 Å². The van der Waals surface area contributed by atoms with Crippen molar-refractivity contribution in [3.05, 3.63) is 76.3 Å². The zero-order chi connectivity index (χ0) is 23.8. The molecule has 7 heteroatoms. The predicted octanol–water partition coefficient (Wildman–Crippen LogP) is 5.34. The van der Waals surface area contributed by atoms with Crippen LogP contribution in [0.4, 0.5) is 4.79 Å². The number of urea groups is 1. The lowest BCUT2D eigenvalue weighted by Crippen LogP contribution is -2.48. The van der Waals surface area contributed by atoms with Crippen LogP contribution in [0.5, 0.6) is 0 Å². The fraction of sp³-hybridized carbons (Fsp3) is 0.370. The molecule has 3 heterocycles. The second-order valence-electron chi connectivity index (χ2n) is 9.26. The summed E-state index contributed by atoms with van der Waals surface area (Å²) in [7, 11) is 0. The molecule has 7 nitrogen and oxygen atoms in total. The molecule has 0 saturated carbocycles. The molecule has 34 heavy (non-hydrogen) atoms. The van der Waals surface area contributed by atoms with Crippen molar-refractivity contribution in [1.29, 1.82) is 0 Å². The second kappa shape index (κ2) is 9.06. The molecule has 176 valence electrons. The van der Waals surface area contributed by atoms with E-state index in [1.165, 1.54) is 11.1 Å². The molecular weight excluding hydrogens is 428 g/mol. The smallest absolute Gasteiger partial charge is 0.322 e. The van der Waals surface area contributed by atoms with Crippen molar-refractivity contribution in [2.45, 2.75) is 52.7 Å². The number of hydrogen-bond donors (Lipinski definition) is 1. The second-order valence-corrected chi connectivity index (χ2v) is 9.26. The first-order valence-corrected chi connectivity index (χ1v) is 11.8. The summed E-state index contributed by atoms with van der Waals surface area (Å²) >= 11 is 0. The molecule has 2 aromatic carbocycles. The highest BCUT2D eigenvalue weighted by Gasteiger charge is 2.37. The maximum absolute atomic E-state index is 13.2. The zero-order valence-electron chi connectivity index (χ0n) is 20.1. The highest BCUT2D eigenvalue weighted by Crippen LogP contribution is 2.38. The van der Waals surface area contributed by atoms with Gasteiger partial charge < -0.3 is 14.6 Å². The molecule has 0 aliphatic carbocycles. The van der Waals surface area contributed by atoms with Crippen molar-refractivity contribution < 1.29 is 14.1 Å². The molecule has 2 aliphatic heterocycles. The van der Waals surface area contributed by atoms with Crippen LogP contribution in [0.1, 0.15) is 54.0 Å². The molecule has 2 unspecified atom stereocenters. The monoisotopic (exact) mass is 458 g/mol. The molecule has 0 spiro atoms. The van der Waals surface area contributed by atoms with Crippen molar-refractivity contribution in [2.24, 2.45) is 0 Å². The normalized spacial score (nSPS) is 20.7. The third-order valence-corrected chi connectivity index (χ3v) is 6.84. The number of ether oxygens (including phenoxy) is 1. The maximum atomic E-state index is 13.2. The predicted molar refractivity (Wildman–Crippen MR) is 130 cm³/mol. The Hall–Kier alpha value is -3.45. The number of nitrogens with one attached hydrogen (secondary N) is 1. The van der Waals surface area contributed by atoms with E-state index in [1.807, 2.05) is 44.2 Å². The van der Waals surface area contributed by atoms with Crippen molar-refractivity contribution in [2.75, 3.05) is 13.2 Å². The van der Waals surface area contributed by atoms with Gasteiger partial charge >= 0.3 is 6.03 Å². The van der Waals surface area contributed by atoms with Crippen molar-refractivity contribution in [1.82, 2.24) is 20.4 Å². The summed E-state index contributed by atoms with van der Waals surface area (Å²) in [5, 5.41) is 7.44. The van der Waals surface area contributed by atoms with E-state index in [-0.39, 0.29) is 18.2 Å². The number of aryl methyl sites for hydroxylation is 3. The highest BCUT2D eigenvalue weighted by molar-refractivity contribution is 5.87. The van der Waals surface area contributed by atoms with E-state index in [4.69, 9.17) is 14.2 Å². The van der Waals surface area contributed by atoms with Crippen LogP contribution in [0.15, 0.2) is 52.7 Å². The number of nitrogens with zero attached hydrogens (tertiary/aromatic N) is 3. The molecule has 2 amide bonds. The van der Waals surface area contributed by atoms with E-state index in [1.54, 1.807) is 4.90 Å². The first-order chi connectivity index (χ1) is 16.4. The summed E-state index contributed by atoms with van der Waals surface area (Å²) in [5.41, 5.74) is 7.02. The van der Waals surface area contributed by atoms with Crippen LogP contribution in [0.3, 0.4) is 0 Å². The molecule has 1 saturated heterocycles. The number of amides is 2. The van der Waals surface area contributed by atoms with Gasteiger partial charge in [-0.2, -0.15) is 4.98 Å². The Labute approximate surface area is 199 Å². The molecule has 0 bridgehead atoms. The average Bonchev–Trinajstić information content (AvgIpc) is 3.51. The Morgan fingerprint density at radius 2 is 1.85 bits per heavy atom. The van der Waals surface area contributed by atoms with Gasteiger partial charge in [-0.15, -0.1) is 0 Å². The molecule has 3 aromatic rings. The summed E-state index contributed by atoms with van der Waals surface area (Å²) in [6, 6.07) is 13.7. The number of aromatic nitrogens is 2. The third kappa shape index (κ3) is 4.23. The number of hydrogen-bond acceptors (Lipinski definition) is 5. The SMILES string of the molecule is CC1=C(c2nc(-c3ccc(C)cc3)no2)C(c2ccc(C)c(C)c2)NC(=O)N1CC1CCCO1. The van der Waals surface area contributed by atoms with Crippen molar-refractivity contribution in [3.8, 4) is 11.4 Å². The van der Waals surface area contributed by atoms with Gasteiger partial charge in [-0.05, 0) is 57.2 Å². The fourth-order valence-electron chi connectivity index (χ4n) is 4.62. The zero-order valence-corrected chi connectivity index (χ0v) is 20.1. The Morgan fingerprint density at radius 1 is 1.06 bits per heavy atom. The fourth-order valence-corrected chi connectivity index (χ4v) is 4.62. The quantitative estimate of drug-likeness (QED) is 0.558.